The van der Waals surface area contributed by atoms with E-state index in [1.54, 1.807) is 25.2 Å². The number of hydrogen-bond donors (Lipinski definition) is 1. The zero-order valence-electron chi connectivity index (χ0n) is 14.4. The highest BCUT2D eigenvalue weighted by Gasteiger charge is 2.32. The number of fused-ring (bicyclic) bond motifs is 1. The van der Waals surface area contributed by atoms with Crippen molar-refractivity contribution in [2.45, 2.75) is 24.3 Å². The Morgan fingerprint density at radius 3 is 2.69 bits per heavy atom. The minimum Gasteiger partial charge on any atom is -0.478 e. The molecule has 6 nitrogen and oxygen atoms in total. The monoisotopic (exact) mass is 378 g/mol. The highest BCUT2D eigenvalue weighted by Crippen LogP contribution is 2.33. The summed E-state index contributed by atoms with van der Waals surface area (Å²) in [6.07, 6.45) is -0.593. The van der Waals surface area contributed by atoms with E-state index in [9.17, 15) is 17.6 Å². The largest absolute Gasteiger partial charge is 0.478 e. The third kappa shape index (κ3) is 3.56. The molecular formula is C18H19FN2O4S. The quantitative estimate of drug-likeness (QED) is 0.866. The van der Waals surface area contributed by atoms with E-state index in [4.69, 9.17) is 4.74 Å². The first kappa shape index (κ1) is 18.3. The Labute approximate surface area is 151 Å². The van der Waals surface area contributed by atoms with Crippen LogP contribution in [0.1, 0.15) is 12.0 Å². The number of benzene rings is 2. The molecule has 0 aliphatic carbocycles. The summed E-state index contributed by atoms with van der Waals surface area (Å²) >= 11 is 0. The van der Waals surface area contributed by atoms with Gasteiger partial charge in [-0.2, -0.15) is 0 Å². The van der Waals surface area contributed by atoms with Crippen LogP contribution >= 0.6 is 0 Å². The molecule has 0 fully saturated rings. The molecule has 3 rings (SSSR count). The Morgan fingerprint density at radius 1 is 1.23 bits per heavy atom. The van der Waals surface area contributed by atoms with Gasteiger partial charge in [0.1, 0.15) is 11.6 Å². The van der Waals surface area contributed by atoms with Crippen molar-refractivity contribution in [2.75, 3.05) is 18.5 Å². The zero-order valence-corrected chi connectivity index (χ0v) is 15.2. The molecule has 1 heterocycles. The average molecular weight is 378 g/mol. The first-order valence-electron chi connectivity index (χ1n) is 8.08. The van der Waals surface area contributed by atoms with Crippen molar-refractivity contribution in [2.24, 2.45) is 0 Å². The first-order valence-corrected chi connectivity index (χ1v) is 9.57. The van der Waals surface area contributed by atoms with Gasteiger partial charge in [-0.3, -0.25) is 4.79 Å². The Hall–Kier alpha value is -2.45. The van der Waals surface area contributed by atoms with Gasteiger partial charge in [-0.15, -0.1) is 0 Å². The summed E-state index contributed by atoms with van der Waals surface area (Å²) in [5, 5.41) is 0. The summed E-state index contributed by atoms with van der Waals surface area (Å²) in [7, 11) is -2.13. The second-order valence-corrected chi connectivity index (χ2v) is 7.84. The summed E-state index contributed by atoms with van der Waals surface area (Å²) in [5.74, 6) is -0.121. The molecule has 1 atom stereocenters. The van der Waals surface area contributed by atoms with Crippen LogP contribution in [0.2, 0.25) is 0 Å². The Bertz CT molecular complexity index is 946. The van der Waals surface area contributed by atoms with Gasteiger partial charge in [-0.25, -0.2) is 17.5 Å². The van der Waals surface area contributed by atoms with Crippen LogP contribution in [-0.4, -0.2) is 34.0 Å². The van der Waals surface area contributed by atoms with Crippen molar-refractivity contribution in [1.82, 2.24) is 4.72 Å². The lowest BCUT2D eigenvalue weighted by molar-refractivity contribution is -0.126. The van der Waals surface area contributed by atoms with Crippen LogP contribution in [0.15, 0.2) is 47.4 Å². The number of carbonyl (C=O) groups is 1. The molecule has 0 radical (unpaired) electrons. The highest BCUT2D eigenvalue weighted by molar-refractivity contribution is 7.89. The number of sulfonamides is 1. The smallest absolute Gasteiger partial charge is 0.267 e. The molecule has 138 valence electrons. The van der Waals surface area contributed by atoms with Crippen molar-refractivity contribution in [3.05, 3.63) is 53.8 Å². The van der Waals surface area contributed by atoms with E-state index in [0.29, 0.717) is 11.4 Å². The SMILES string of the molecule is Cc1cc(S(=O)(=O)NCCC2Oc3ccccc3N(C)C2=O)ccc1F. The predicted molar refractivity (Wildman–Crippen MR) is 95.2 cm³/mol. The number of carbonyl (C=O) groups excluding carboxylic acids is 1. The van der Waals surface area contributed by atoms with Gasteiger partial charge in [0, 0.05) is 20.0 Å². The molecule has 26 heavy (non-hydrogen) atoms. The number of aryl methyl sites for hydroxylation is 1. The number of anilines is 1. The lowest BCUT2D eigenvalue weighted by atomic mass is 10.1. The topological polar surface area (TPSA) is 75.7 Å². The maximum absolute atomic E-state index is 13.3. The van der Waals surface area contributed by atoms with Crippen LogP contribution < -0.4 is 14.4 Å². The van der Waals surface area contributed by atoms with Gasteiger partial charge in [0.15, 0.2) is 6.10 Å². The number of rotatable bonds is 5. The van der Waals surface area contributed by atoms with E-state index in [1.807, 2.05) is 6.07 Å². The third-order valence-electron chi connectivity index (χ3n) is 4.24. The van der Waals surface area contributed by atoms with E-state index < -0.39 is 21.9 Å². The first-order chi connectivity index (χ1) is 12.3. The number of halogens is 1. The normalized spacial score (nSPS) is 17.0. The number of hydrogen-bond acceptors (Lipinski definition) is 4. The van der Waals surface area contributed by atoms with Gasteiger partial charge >= 0.3 is 0 Å². The lowest BCUT2D eigenvalue weighted by Crippen LogP contribution is -2.45. The molecule has 0 spiro atoms. The van der Waals surface area contributed by atoms with Gasteiger partial charge in [0.2, 0.25) is 10.0 Å². The summed E-state index contributed by atoms with van der Waals surface area (Å²) in [6, 6.07) is 10.7. The number of amides is 1. The highest BCUT2D eigenvalue weighted by atomic mass is 32.2. The van der Waals surface area contributed by atoms with Crippen molar-refractivity contribution < 1.29 is 22.3 Å². The molecule has 1 aliphatic rings. The van der Waals surface area contributed by atoms with E-state index in [0.717, 1.165) is 6.07 Å². The summed E-state index contributed by atoms with van der Waals surface area (Å²) in [5.41, 5.74) is 0.924. The minimum absolute atomic E-state index is 0.0187. The van der Waals surface area contributed by atoms with Crippen molar-refractivity contribution in [3.63, 3.8) is 0 Å². The van der Waals surface area contributed by atoms with Crippen molar-refractivity contribution >= 4 is 21.6 Å². The summed E-state index contributed by atoms with van der Waals surface area (Å²) in [4.78, 5) is 13.9. The van der Waals surface area contributed by atoms with E-state index >= 15 is 0 Å². The number of nitrogens with one attached hydrogen (secondary N) is 1. The second kappa shape index (κ2) is 7.05. The maximum atomic E-state index is 13.3. The van der Waals surface area contributed by atoms with Gasteiger partial charge in [0.25, 0.3) is 5.91 Å². The lowest BCUT2D eigenvalue weighted by Gasteiger charge is -2.31. The fraction of sp³-hybridized carbons (Fsp3) is 0.278. The minimum atomic E-state index is -3.79. The Morgan fingerprint density at radius 2 is 1.96 bits per heavy atom. The molecule has 0 aromatic heterocycles. The molecule has 0 saturated heterocycles. The molecule has 8 heteroatoms. The molecule has 1 unspecified atom stereocenters. The van der Waals surface area contributed by atoms with Gasteiger partial charge in [0.05, 0.1) is 10.6 Å². The molecule has 2 aromatic rings. The molecule has 0 bridgehead atoms. The van der Waals surface area contributed by atoms with E-state index in [-0.39, 0.29) is 29.3 Å². The average Bonchev–Trinajstić information content (AvgIpc) is 2.61. The van der Waals surface area contributed by atoms with Crippen LogP contribution in [-0.2, 0) is 14.8 Å². The van der Waals surface area contributed by atoms with Crippen molar-refractivity contribution in [1.29, 1.82) is 0 Å². The third-order valence-corrected chi connectivity index (χ3v) is 5.70. The van der Waals surface area contributed by atoms with Crippen LogP contribution in [0.25, 0.3) is 0 Å². The fourth-order valence-corrected chi connectivity index (χ4v) is 3.88. The maximum Gasteiger partial charge on any atom is 0.267 e. The predicted octanol–water partition coefficient (Wildman–Crippen LogP) is 2.23. The standard InChI is InChI=1S/C18H19FN2O4S/c1-12-11-13(7-8-14(12)19)26(23,24)20-10-9-17-18(22)21(2)15-5-3-4-6-16(15)25-17/h3-8,11,17,20H,9-10H2,1-2H3. The number of likely N-dealkylation sites (N-methyl/N-ethyl adjacent to an activating group) is 1. The number of para-hydroxylation sites is 2. The fourth-order valence-electron chi connectivity index (χ4n) is 2.75. The Kier molecular flexibility index (Phi) is 4.97. The second-order valence-electron chi connectivity index (χ2n) is 6.07. The van der Waals surface area contributed by atoms with Gasteiger partial charge in [-0.05, 0) is 42.8 Å². The molecule has 1 aliphatic heterocycles. The number of nitrogens with zero attached hydrogens (tertiary/aromatic N) is 1. The Balaban J connectivity index is 1.66. The van der Waals surface area contributed by atoms with Crippen molar-refractivity contribution in [3.8, 4) is 5.75 Å². The molecular weight excluding hydrogens is 359 g/mol. The molecule has 2 aromatic carbocycles. The molecule has 1 N–H and O–H groups in total. The van der Waals surface area contributed by atoms with Crippen LogP contribution in [0.4, 0.5) is 10.1 Å². The van der Waals surface area contributed by atoms with Crippen LogP contribution in [0.3, 0.4) is 0 Å². The summed E-state index contributed by atoms with van der Waals surface area (Å²) < 4.78 is 46.1. The van der Waals surface area contributed by atoms with Crippen LogP contribution in [0.5, 0.6) is 5.75 Å². The molecule has 0 saturated carbocycles. The van der Waals surface area contributed by atoms with Crippen LogP contribution in [0, 0.1) is 12.7 Å². The van der Waals surface area contributed by atoms with E-state index in [2.05, 4.69) is 4.72 Å². The molecule has 1 amide bonds. The summed E-state index contributed by atoms with van der Waals surface area (Å²) in [6.45, 7) is 1.52. The zero-order chi connectivity index (χ0) is 18.9. The van der Waals surface area contributed by atoms with E-state index in [1.165, 1.54) is 24.0 Å². The van der Waals surface area contributed by atoms with Gasteiger partial charge in [-0.1, -0.05) is 12.1 Å². The number of ether oxygens (including phenoxy) is 1. The van der Waals surface area contributed by atoms with Gasteiger partial charge < -0.3 is 9.64 Å².